The van der Waals surface area contributed by atoms with Crippen LogP contribution in [0.3, 0.4) is 0 Å². The molecule has 0 saturated carbocycles. The Morgan fingerprint density at radius 3 is 2.48 bits per heavy atom. The van der Waals surface area contributed by atoms with Gasteiger partial charge in [-0.2, -0.15) is 13.2 Å². The minimum Gasteiger partial charge on any atom is -0.400 e. The molecule has 0 fully saturated rings. The summed E-state index contributed by atoms with van der Waals surface area (Å²) in [6.07, 6.45) is -3.24. The van der Waals surface area contributed by atoms with Crippen molar-refractivity contribution in [2.75, 3.05) is 19.5 Å². The SMILES string of the molecule is CNc1nc(Cc2cccc(C(F)(F)F)c2)sc1-c1ccc(C=O)c(C)c1.CO. The highest BCUT2D eigenvalue weighted by Gasteiger charge is 2.30. The average Bonchev–Trinajstić information content (AvgIpc) is 3.12. The van der Waals surface area contributed by atoms with E-state index in [1.54, 1.807) is 19.2 Å². The Balaban J connectivity index is 0.00000145. The number of aromatic nitrogens is 1. The maximum atomic E-state index is 12.9. The Kier molecular flexibility index (Phi) is 7.53. The van der Waals surface area contributed by atoms with Gasteiger partial charge in [0.2, 0.25) is 0 Å². The quantitative estimate of drug-likeness (QED) is 0.556. The van der Waals surface area contributed by atoms with Crippen LogP contribution < -0.4 is 5.32 Å². The van der Waals surface area contributed by atoms with Crippen molar-refractivity contribution in [2.24, 2.45) is 0 Å². The molecule has 0 radical (unpaired) electrons. The van der Waals surface area contributed by atoms with Gasteiger partial charge in [-0.3, -0.25) is 4.79 Å². The summed E-state index contributed by atoms with van der Waals surface area (Å²) in [7, 11) is 2.75. The van der Waals surface area contributed by atoms with Gasteiger partial charge in [-0.1, -0.05) is 30.3 Å². The molecule has 0 aliphatic carbocycles. The number of carbonyl (C=O) groups excluding carboxylic acids is 1. The van der Waals surface area contributed by atoms with E-state index >= 15 is 0 Å². The number of benzene rings is 2. The summed E-state index contributed by atoms with van der Waals surface area (Å²) in [5, 5.41) is 10.7. The Labute approximate surface area is 171 Å². The minimum absolute atomic E-state index is 0.314. The van der Waals surface area contributed by atoms with Gasteiger partial charge in [0.1, 0.15) is 17.1 Å². The van der Waals surface area contributed by atoms with Crippen LogP contribution in [0.25, 0.3) is 10.4 Å². The number of hydrogen-bond acceptors (Lipinski definition) is 5. The van der Waals surface area contributed by atoms with E-state index in [0.717, 1.165) is 41.5 Å². The van der Waals surface area contributed by atoms with Crippen molar-refractivity contribution in [2.45, 2.75) is 19.5 Å². The summed E-state index contributed by atoms with van der Waals surface area (Å²) < 4.78 is 38.7. The van der Waals surface area contributed by atoms with E-state index in [0.29, 0.717) is 28.4 Å². The number of carbonyl (C=O) groups is 1. The predicted molar refractivity (Wildman–Crippen MR) is 110 cm³/mol. The molecule has 4 nitrogen and oxygen atoms in total. The summed E-state index contributed by atoms with van der Waals surface area (Å²) >= 11 is 1.42. The highest BCUT2D eigenvalue weighted by Crippen LogP contribution is 2.36. The standard InChI is InChI=1S/C20H17F3N2OS.CH4O/c1-12-8-14(6-7-15(12)11-26)18-19(24-2)25-17(27-18)10-13-4-3-5-16(9-13)20(21,22)23;1-2/h3-9,11,24H,10H2,1-2H3;2H,1H3. The Hall–Kier alpha value is -2.71. The lowest BCUT2D eigenvalue weighted by molar-refractivity contribution is -0.137. The van der Waals surface area contributed by atoms with Crippen LogP contribution in [0.2, 0.25) is 0 Å². The van der Waals surface area contributed by atoms with Crippen LogP contribution in [0.1, 0.15) is 32.1 Å². The molecule has 29 heavy (non-hydrogen) atoms. The molecule has 1 heterocycles. The fraction of sp³-hybridized carbons (Fsp3) is 0.238. The van der Waals surface area contributed by atoms with Crippen molar-refractivity contribution < 1.29 is 23.1 Å². The maximum absolute atomic E-state index is 12.9. The molecule has 0 spiro atoms. The normalized spacial score (nSPS) is 10.9. The van der Waals surface area contributed by atoms with Crippen LogP contribution >= 0.6 is 11.3 Å². The van der Waals surface area contributed by atoms with Gasteiger partial charge in [-0.05, 0) is 35.7 Å². The van der Waals surface area contributed by atoms with Crippen LogP contribution in [0.15, 0.2) is 42.5 Å². The Bertz CT molecular complexity index is 984. The number of halogens is 3. The second-order valence-electron chi connectivity index (χ2n) is 6.10. The first-order valence-electron chi connectivity index (χ1n) is 8.66. The molecule has 2 N–H and O–H groups in total. The number of aliphatic hydroxyl groups is 1. The smallest absolute Gasteiger partial charge is 0.400 e. The highest BCUT2D eigenvalue weighted by molar-refractivity contribution is 7.15. The van der Waals surface area contributed by atoms with Gasteiger partial charge < -0.3 is 10.4 Å². The number of aldehydes is 1. The number of aryl methyl sites for hydroxylation is 1. The van der Waals surface area contributed by atoms with Crippen molar-refractivity contribution in [3.63, 3.8) is 0 Å². The molecule has 0 unspecified atom stereocenters. The molecule has 0 bridgehead atoms. The number of rotatable bonds is 5. The number of alkyl halides is 3. The lowest BCUT2D eigenvalue weighted by Crippen LogP contribution is -2.05. The van der Waals surface area contributed by atoms with Crippen LogP contribution in [0, 0.1) is 6.92 Å². The Morgan fingerprint density at radius 1 is 1.17 bits per heavy atom. The molecule has 3 rings (SSSR count). The predicted octanol–water partition coefficient (Wildman–Crippen LogP) is 5.19. The van der Waals surface area contributed by atoms with E-state index in [2.05, 4.69) is 10.3 Å². The molecule has 0 aliphatic rings. The van der Waals surface area contributed by atoms with Crippen molar-refractivity contribution in [1.82, 2.24) is 4.98 Å². The molecular weight excluding hydrogens is 401 g/mol. The van der Waals surface area contributed by atoms with Crippen LogP contribution in [-0.4, -0.2) is 30.5 Å². The summed E-state index contributed by atoms with van der Waals surface area (Å²) in [5.41, 5.74) is 2.29. The third kappa shape index (κ3) is 5.42. The zero-order valence-corrected chi connectivity index (χ0v) is 17.0. The molecule has 1 aromatic heterocycles. The van der Waals surface area contributed by atoms with Gasteiger partial charge in [0.15, 0.2) is 0 Å². The first-order chi connectivity index (χ1) is 13.8. The first kappa shape index (κ1) is 22.6. The zero-order valence-electron chi connectivity index (χ0n) is 16.2. The molecule has 0 amide bonds. The van der Waals surface area contributed by atoms with Gasteiger partial charge >= 0.3 is 6.18 Å². The fourth-order valence-electron chi connectivity index (χ4n) is 2.79. The first-order valence-corrected chi connectivity index (χ1v) is 9.48. The number of nitrogens with one attached hydrogen (secondary N) is 1. The lowest BCUT2D eigenvalue weighted by atomic mass is 10.1. The van der Waals surface area contributed by atoms with Crippen molar-refractivity contribution >= 4 is 23.4 Å². The number of nitrogens with zero attached hydrogens (tertiary/aromatic N) is 1. The molecule has 0 aliphatic heterocycles. The van der Waals surface area contributed by atoms with E-state index < -0.39 is 11.7 Å². The van der Waals surface area contributed by atoms with E-state index in [9.17, 15) is 18.0 Å². The molecule has 0 atom stereocenters. The van der Waals surface area contributed by atoms with Crippen LogP contribution in [-0.2, 0) is 12.6 Å². The number of aliphatic hydroxyl groups excluding tert-OH is 1. The monoisotopic (exact) mass is 422 g/mol. The van der Waals surface area contributed by atoms with Gasteiger partial charge in [-0.25, -0.2) is 4.98 Å². The summed E-state index contributed by atoms with van der Waals surface area (Å²) in [4.78, 5) is 16.4. The summed E-state index contributed by atoms with van der Waals surface area (Å²) in [6.45, 7) is 1.86. The van der Waals surface area contributed by atoms with Crippen molar-refractivity contribution in [1.29, 1.82) is 0 Å². The second kappa shape index (κ2) is 9.67. The number of thiazole rings is 1. The van der Waals surface area contributed by atoms with Crippen molar-refractivity contribution in [3.05, 3.63) is 69.7 Å². The average molecular weight is 422 g/mol. The molecule has 3 aromatic rings. The number of hydrogen-bond donors (Lipinski definition) is 2. The van der Waals surface area contributed by atoms with E-state index in [-0.39, 0.29) is 0 Å². The van der Waals surface area contributed by atoms with E-state index in [1.165, 1.54) is 17.4 Å². The van der Waals surface area contributed by atoms with Gasteiger partial charge in [0.25, 0.3) is 0 Å². The van der Waals surface area contributed by atoms with Gasteiger partial charge in [-0.15, -0.1) is 11.3 Å². The molecule has 0 saturated heterocycles. The third-order valence-electron chi connectivity index (χ3n) is 4.18. The topological polar surface area (TPSA) is 62.2 Å². The molecule has 8 heteroatoms. The molecule has 154 valence electrons. The Morgan fingerprint density at radius 2 is 1.90 bits per heavy atom. The van der Waals surface area contributed by atoms with E-state index in [4.69, 9.17) is 5.11 Å². The maximum Gasteiger partial charge on any atom is 0.416 e. The van der Waals surface area contributed by atoms with Gasteiger partial charge in [0, 0.05) is 26.1 Å². The molecule has 2 aromatic carbocycles. The summed E-state index contributed by atoms with van der Waals surface area (Å²) in [6, 6.07) is 10.8. The third-order valence-corrected chi connectivity index (χ3v) is 5.28. The lowest BCUT2D eigenvalue weighted by Gasteiger charge is -2.07. The highest BCUT2D eigenvalue weighted by atomic mass is 32.1. The fourth-order valence-corrected chi connectivity index (χ4v) is 3.89. The largest absolute Gasteiger partial charge is 0.416 e. The summed E-state index contributed by atoms with van der Waals surface area (Å²) in [5.74, 6) is 0.667. The van der Waals surface area contributed by atoms with Crippen molar-refractivity contribution in [3.8, 4) is 10.4 Å². The van der Waals surface area contributed by atoms with E-state index in [1.807, 2.05) is 19.1 Å². The number of anilines is 1. The van der Waals surface area contributed by atoms with Gasteiger partial charge in [0.05, 0.1) is 10.4 Å². The second-order valence-corrected chi connectivity index (χ2v) is 7.18. The zero-order chi connectivity index (χ0) is 21.6. The minimum atomic E-state index is -4.36. The van der Waals surface area contributed by atoms with Crippen LogP contribution in [0.5, 0.6) is 0 Å². The van der Waals surface area contributed by atoms with Crippen LogP contribution in [0.4, 0.5) is 19.0 Å². The molecular formula is C21H21F3N2O2S.